The van der Waals surface area contributed by atoms with E-state index in [1.54, 1.807) is 0 Å². The van der Waals surface area contributed by atoms with Crippen molar-refractivity contribution in [1.82, 2.24) is 0 Å². The van der Waals surface area contributed by atoms with Gasteiger partial charge in [0.2, 0.25) is 0 Å². The highest BCUT2D eigenvalue weighted by molar-refractivity contribution is 7.97. The van der Waals surface area contributed by atoms with E-state index in [9.17, 15) is 0 Å². The van der Waals surface area contributed by atoms with Crippen LogP contribution in [-0.4, -0.2) is 5.97 Å². The molecule has 0 amide bonds. The Bertz CT molecular complexity index is 755. The van der Waals surface area contributed by atoms with Crippen LogP contribution in [0.15, 0.2) is 99.6 Å². The zero-order valence-corrected chi connectivity index (χ0v) is 16.7. The van der Waals surface area contributed by atoms with Crippen LogP contribution in [0.25, 0.3) is 0 Å². The summed E-state index contributed by atoms with van der Waals surface area (Å²) in [6.45, 7) is 3.22. The molecule has 3 aromatic rings. The molecule has 2 nitrogen and oxygen atoms in total. The molecule has 0 saturated heterocycles. The lowest BCUT2D eigenvalue weighted by molar-refractivity contribution is -0.302. The molecule has 3 heteroatoms. The van der Waals surface area contributed by atoms with Crippen molar-refractivity contribution in [3.63, 3.8) is 0 Å². The van der Waals surface area contributed by atoms with Crippen molar-refractivity contribution in [3.8, 4) is 0 Å². The quantitative estimate of drug-likeness (QED) is 0.574. The Morgan fingerprint density at radius 3 is 1.59 bits per heavy atom. The van der Waals surface area contributed by atoms with E-state index in [1.165, 1.54) is 39.5 Å². The van der Waals surface area contributed by atoms with Crippen LogP contribution in [0.5, 0.6) is 0 Å². The largest absolute Gasteiger partial charge is 0.550 e. The third-order valence-electron chi connectivity index (χ3n) is 3.94. The van der Waals surface area contributed by atoms with Crippen molar-refractivity contribution >= 4 is 16.9 Å². The Kier molecular flexibility index (Phi) is 8.66. The van der Waals surface area contributed by atoms with Gasteiger partial charge in [-0.3, -0.25) is 0 Å². The van der Waals surface area contributed by atoms with Crippen LogP contribution in [0.4, 0.5) is 0 Å². The topological polar surface area (TPSA) is 40.1 Å². The summed E-state index contributed by atoms with van der Waals surface area (Å²) in [6, 6.07) is 30.9. The first-order valence-electron chi connectivity index (χ1n) is 9.22. The van der Waals surface area contributed by atoms with Crippen LogP contribution in [0.3, 0.4) is 0 Å². The van der Waals surface area contributed by atoms with Crippen LogP contribution >= 0.6 is 0 Å². The van der Waals surface area contributed by atoms with Crippen LogP contribution in [0, 0.1) is 0 Å². The van der Waals surface area contributed by atoms with Gasteiger partial charge >= 0.3 is 0 Å². The predicted molar refractivity (Wildman–Crippen MR) is 111 cm³/mol. The van der Waals surface area contributed by atoms with Gasteiger partial charge in [0.15, 0.2) is 14.7 Å². The van der Waals surface area contributed by atoms with Crippen LogP contribution < -0.4 is 5.11 Å². The number of rotatable bonds is 6. The van der Waals surface area contributed by atoms with Gasteiger partial charge in [-0.2, -0.15) is 0 Å². The maximum absolute atomic E-state index is 8.89. The predicted octanol–water partition coefficient (Wildman–Crippen LogP) is 4.88. The smallest absolute Gasteiger partial charge is 0.166 e. The van der Waals surface area contributed by atoms with Gasteiger partial charge in [-0.15, -0.1) is 0 Å². The van der Waals surface area contributed by atoms with Crippen molar-refractivity contribution < 1.29 is 9.90 Å². The number of carboxylic acids is 1. The van der Waals surface area contributed by atoms with E-state index in [4.69, 9.17) is 9.90 Å². The Morgan fingerprint density at radius 1 is 0.778 bits per heavy atom. The fraction of sp³-hybridized carbons (Fsp3) is 0.208. The normalized spacial score (nSPS) is 10.2. The first kappa shape index (κ1) is 20.8. The molecule has 3 rings (SSSR count). The molecule has 27 heavy (non-hydrogen) atoms. The zero-order valence-electron chi connectivity index (χ0n) is 15.9. The van der Waals surface area contributed by atoms with Crippen molar-refractivity contribution in [3.05, 3.63) is 90.5 Å². The summed E-state index contributed by atoms with van der Waals surface area (Å²) >= 11 is 0. The van der Waals surface area contributed by atoms with Crippen molar-refractivity contribution in [1.29, 1.82) is 0 Å². The number of unbranched alkanes of at least 4 members (excludes halogenated alkanes) is 1. The van der Waals surface area contributed by atoms with E-state index < -0.39 is 5.97 Å². The third-order valence-corrected chi connectivity index (χ3v) is 6.17. The molecular weight excluding hydrogens is 352 g/mol. The monoisotopic (exact) mass is 378 g/mol. The minimum atomic E-state index is -1.08. The summed E-state index contributed by atoms with van der Waals surface area (Å²) in [5.41, 5.74) is 1.44. The van der Waals surface area contributed by atoms with Crippen LogP contribution in [0.2, 0.25) is 0 Å². The lowest BCUT2D eigenvalue weighted by atomic mass is 10.1. The maximum Gasteiger partial charge on any atom is 0.166 e. The molecule has 0 aliphatic heterocycles. The molecule has 0 bridgehead atoms. The molecule has 0 aliphatic carbocycles. The van der Waals surface area contributed by atoms with Gasteiger partial charge in [0, 0.05) is 5.97 Å². The number of hydrogen-bond donors (Lipinski definition) is 0. The Labute approximate surface area is 165 Å². The molecule has 0 spiro atoms. The number of carbonyl (C=O) groups excluding carboxylic acids is 1. The lowest BCUT2D eigenvalue weighted by Gasteiger charge is -2.08. The Morgan fingerprint density at radius 2 is 1.19 bits per heavy atom. The average Bonchev–Trinajstić information content (AvgIpc) is 2.69. The Balaban J connectivity index is 0.000000596. The van der Waals surface area contributed by atoms with Crippen LogP contribution in [-0.2, 0) is 22.1 Å². The molecule has 0 atom stereocenters. The van der Waals surface area contributed by atoms with E-state index in [2.05, 4.69) is 91.9 Å². The number of carbonyl (C=O) groups is 1. The number of aryl methyl sites for hydroxylation is 1. The SMILES string of the molecule is CC(=O)[O-].CCCCc1ccc([S+](c2ccccc2)c2ccccc2)cc1. The molecule has 0 saturated carbocycles. The van der Waals surface area contributed by atoms with E-state index in [-0.39, 0.29) is 10.9 Å². The second kappa shape index (κ2) is 11.2. The molecule has 0 N–H and O–H groups in total. The average molecular weight is 379 g/mol. The van der Waals surface area contributed by atoms with Crippen molar-refractivity contribution in [2.45, 2.75) is 47.8 Å². The fourth-order valence-electron chi connectivity index (χ4n) is 2.69. The summed E-state index contributed by atoms with van der Waals surface area (Å²) in [5.74, 6) is -1.08. The van der Waals surface area contributed by atoms with E-state index in [1.807, 2.05) is 0 Å². The second-order valence-corrected chi connectivity index (χ2v) is 8.20. The van der Waals surface area contributed by atoms with Gasteiger partial charge in [-0.1, -0.05) is 61.9 Å². The minimum absolute atomic E-state index is 0.0286. The van der Waals surface area contributed by atoms with Crippen molar-refractivity contribution in [2.24, 2.45) is 0 Å². The second-order valence-electron chi connectivity index (χ2n) is 6.17. The number of aliphatic carboxylic acids is 1. The number of hydrogen-bond acceptors (Lipinski definition) is 2. The van der Waals surface area contributed by atoms with Gasteiger partial charge < -0.3 is 9.90 Å². The molecule has 140 valence electrons. The summed E-state index contributed by atoms with van der Waals surface area (Å²) in [5, 5.41) is 8.89. The summed E-state index contributed by atoms with van der Waals surface area (Å²) in [6.07, 6.45) is 3.70. The van der Waals surface area contributed by atoms with Gasteiger partial charge in [0.25, 0.3) is 0 Å². The number of carboxylic acid groups (broad SMARTS) is 1. The molecule has 0 radical (unpaired) electrons. The maximum atomic E-state index is 8.89. The first-order valence-corrected chi connectivity index (χ1v) is 10.4. The standard InChI is InChI=1S/C22H23S.C2H4O2/c1-2-3-10-19-15-17-22(18-16-19)23(20-11-6-4-7-12-20)21-13-8-5-9-14-21;1-2(3)4/h4-9,11-18H,2-3,10H2,1H3;1H3,(H,3,4)/q+1;/p-1. The summed E-state index contributed by atoms with van der Waals surface area (Å²) < 4.78 is 0. The highest BCUT2D eigenvalue weighted by atomic mass is 32.2. The summed E-state index contributed by atoms with van der Waals surface area (Å²) in [7, 11) is -0.0286. The zero-order chi connectivity index (χ0) is 19.5. The molecule has 0 unspecified atom stereocenters. The minimum Gasteiger partial charge on any atom is -0.550 e. The van der Waals surface area contributed by atoms with Gasteiger partial charge in [-0.25, -0.2) is 0 Å². The third kappa shape index (κ3) is 6.95. The van der Waals surface area contributed by atoms with E-state index in [0.29, 0.717) is 0 Å². The molecule has 3 aromatic carbocycles. The lowest BCUT2D eigenvalue weighted by Crippen LogP contribution is -2.16. The van der Waals surface area contributed by atoms with E-state index in [0.717, 1.165) is 6.92 Å². The first-order chi connectivity index (χ1) is 13.1. The molecule has 0 aromatic heterocycles. The molecule has 0 fully saturated rings. The molecule has 0 aliphatic rings. The van der Waals surface area contributed by atoms with Gasteiger partial charge in [0.1, 0.15) is 0 Å². The number of benzene rings is 3. The highest BCUT2D eigenvalue weighted by Crippen LogP contribution is 2.31. The Hall–Kier alpha value is -2.52. The van der Waals surface area contributed by atoms with E-state index >= 15 is 0 Å². The highest BCUT2D eigenvalue weighted by Gasteiger charge is 2.27. The summed E-state index contributed by atoms with van der Waals surface area (Å²) in [4.78, 5) is 13.0. The fourth-order valence-corrected chi connectivity index (χ4v) is 4.78. The molecule has 0 heterocycles. The van der Waals surface area contributed by atoms with Crippen LogP contribution in [0.1, 0.15) is 32.3 Å². The van der Waals surface area contributed by atoms with Gasteiger partial charge in [0.05, 0.1) is 10.9 Å². The van der Waals surface area contributed by atoms with Crippen molar-refractivity contribution in [2.75, 3.05) is 0 Å². The molecular formula is C24H26O2S. The van der Waals surface area contributed by atoms with Gasteiger partial charge in [-0.05, 0) is 61.7 Å².